The van der Waals surface area contributed by atoms with Gasteiger partial charge in [-0.15, -0.1) is 0 Å². The van der Waals surface area contributed by atoms with Crippen LogP contribution in [0, 0.1) is 0 Å². The third-order valence-corrected chi connectivity index (χ3v) is 8.24. The van der Waals surface area contributed by atoms with Crippen LogP contribution in [0.5, 0.6) is 0 Å². The van der Waals surface area contributed by atoms with E-state index in [1.165, 1.54) is 4.90 Å². The van der Waals surface area contributed by atoms with Crippen LogP contribution in [-0.2, 0) is 16.0 Å². The van der Waals surface area contributed by atoms with Crippen LogP contribution >= 0.6 is 11.8 Å². The maximum absolute atomic E-state index is 13.7. The van der Waals surface area contributed by atoms with Crippen molar-refractivity contribution in [2.24, 2.45) is 0 Å². The van der Waals surface area contributed by atoms with Crippen molar-refractivity contribution in [2.45, 2.75) is 70.6 Å². The van der Waals surface area contributed by atoms with Gasteiger partial charge < -0.3 is 15.0 Å². The molecule has 0 unspecified atom stereocenters. The predicted octanol–water partition coefficient (Wildman–Crippen LogP) is 4.92. The first kappa shape index (κ1) is 29.6. The molecule has 1 fully saturated rings. The summed E-state index contributed by atoms with van der Waals surface area (Å²) in [5, 5.41) is 2.82. The Morgan fingerprint density at radius 1 is 1.00 bits per heavy atom. The number of hydrogen-bond donors (Lipinski definition) is 1. The highest BCUT2D eigenvalue weighted by Crippen LogP contribution is 2.25. The highest BCUT2D eigenvalue weighted by Gasteiger charge is 2.36. The Morgan fingerprint density at radius 3 is 2.30 bits per heavy atom. The molecule has 2 aromatic rings. The molecule has 1 saturated heterocycles. The van der Waals surface area contributed by atoms with Gasteiger partial charge >= 0.3 is 6.09 Å². The number of amides is 4. The number of hydrogen-bond acceptors (Lipinski definition) is 6. The molecular weight excluding hydrogens is 526 g/mol. The van der Waals surface area contributed by atoms with E-state index in [-0.39, 0.29) is 23.8 Å². The number of likely N-dealkylation sites (tertiary alicyclic amines) is 1. The zero-order valence-electron chi connectivity index (χ0n) is 23.6. The Kier molecular flexibility index (Phi) is 9.90. The maximum Gasteiger partial charge on any atom is 0.408 e. The predicted molar refractivity (Wildman–Crippen MR) is 156 cm³/mol. The van der Waals surface area contributed by atoms with E-state index in [9.17, 15) is 19.2 Å². The van der Waals surface area contributed by atoms with Crippen molar-refractivity contribution in [3.63, 3.8) is 0 Å². The van der Waals surface area contributed by atoms with Crippen LogP contribution in [0.3, 0.4) is 0 Å². The van der Waals surface area contributed by atoms with Gasteiger partial charge in [-0.3, -0.25) is 19.3 Å². The molecule has 0 saturated carbocycles. The quantitative estimate of drug-likeness (QED) is 0.307. The summed E-state index contributed by atoms with van der Waals surface area (Å²) in [5.41, 5.74) is 1.29. The van der Waals surface area contributed by atoms with Crippen LogP contribution in [0.4, 0.5) is 4.79 Å². The van der Waals surface area contributed by atoms with Crippen LogP contribution in [0.1, 0.15) is 72.7 Å². The van der Waals surface area contributed by atoms with Gasteiger partial charge in [0.2, 0.25) is 5.91 Å². The minimum absolute atomic E-state index is 0.0802. The van der Waals surface area contributed by atoms with Gasteiger partial charge in [-0.1, -0.05) is 42.5 Å². The second-order valence-corrected chi connectivity index (χ2v) is 12.5. The van der Waals surface area contributed by atoms with Gasteiger partial charge in [-0.05, 0) is 69.9 Å². The van der Waals surface area contributed by atoms with E-state index in [0.717, 1.165) is 42.8 Å². The van der Waals surface area contributed by atoms with Crippen molar-refractivity contribution in [1.29, 1.82) is 0 Å². The van der Waals surface area contributed by atoms with Crippen molar-refractivity contribution < 1.29 is 23.9 Å². The minimum atomic E-state index is -0.706. The van der Waals surface area contributed by atoms with Crippen LogP contribution in [0.2, 0.25) is 0 Å². The smallest absolute Gasteiger partial charge is 0.408 e. The number of ether oxygens (including phenoxy) is 1. The Labute approximate surface area is 240 Å². The lowest BCUT2D eigenvalue weighted by Gasteiger charge is -2.30. The number of alkyl carbamates (subject to hydrolysis) is 1. The van der Waals surface area contributed by atoms with Gasteiger partial charge in [0.05, 0.1) is 11.1 Å². The number of fused-ring (bicyclic) bond motifs is 1. The molecule has 0 spiro atoms. The molecule has 2 aliphatic rings. The number of imide groups is 1. The number of nitrogens with one attached hydrogen (secondary N) is 1. The lowest BCUT2D eigenvalue weighted by molar-refractivity contribution is -0.133. The fourth-order valence-electron chi connectivity index (χ4n) is 5.13. The van der Waals surface area contributed by atoms with Gasteiger partial charge in [-0.25, -0.2) is 4.79 Å². The van der Waals surface area contributed by atoms with Crippen molar-refractivity contribution in [3.8, 4) is 0 Å². The fraction of sp³-hybridized carbons (Fsp3) is 0.484. The Hall–Kier alpha value is -3.33. The Bertz CT molecular complexity index is 1180. The molecule has 1 N–H and O–H groups in total. The summed E-state index contributed by atoms with van der Waals surface area (Å²) < 4.78 is 5.45. The highest BCUT2D eigenvalue weighted by molar-refractivity contribution is 7.99. The normalized spacial score (nSPS) is 17.6. The third-order valence-electron chi connectivity index (χ3n) is 7.04. The molecule has 2 atom stereocenters. The van der Waals surface area contributed by atoms with Crippen molar-refractivity contribution in [2.75, 3.05) is 24.6 Å². The Morgan fingerprint density at radius 2 is 1.65 bits per heavy atom. The zero-order chi connectivity index (χ0) is 28.7. The first-order valence-corrected chi connectivity index (χ1v) is 15.2. The molecule has 4 amide bonds. The van der Waals surface area contributed by atoms with E-state index < -0.39 is 17.7 Å². The highest BCUT2D eigenvalue weighted by atomic mass is 32.2. The average Bonchev–Trinajstić information content (AvgIpc) is 3.48. The molecular formula is C31H39N3O5S. The maximum atomic E-state index is 13.7. The molecule has 2 aliphatic heterocycles. The summed E-state index contributed by atoms with van der Waals surface area (Å²) >= 11 is 1.79. The molecule has 0 aromatic heterocycles. The van der Waals surface area contributed by atoms with E-state index in [1.54, 1.807) is 56.8 Å². The van der Waals surface area contributed by atoms with Crippen molar-refractivity contribution >= 4 is 35.6 Å². The van der Waals surface area contributed by atoms with E-state index in [0.29, 0.717) is 30.6 Å². The number of carbonyl (C=O) groups excluding carboxylic acids is 4. The van der Waals surface area contributed by atoms with Gasteiger partial charge in [0.25, 0.3) is 11.8 Å². The number of nitrogens with zero attached hydrogens (tertiary/aromatic N) is 2. The fourth-order valence-corrected chi connectivity index (χ4v) is 6.33. The molecule has 214 valence electrons. The van der Waals surface area contributed by atoms with E-state index in [4.69, 9.17) is 4.74 Å². The van der Waals surface area contributed by atoms with Gasteiger partial charge in [0.15, 0.2) is 0 Å². The molecule has 0 aliphatic carbocycles. The Balaban J connectivity index is 1.26. The van der Waals surface area contributed by atoms with E-state index in [2.05, 4.69) is 5.32 Å². The molecule has 0 radical (unpaired) electrons. The number of carbonyl (C=O) groups is 4. The molecule has 40 heavy (non-hydrogen) atoms. The lowest BCUT2D eigenvalue weighted by Crippen LogP contribution is -2.52. The number of unbranched alkanes of at least 4 members (excludes halogenated alkanes) is 1. The average molecular weight is 566 g/mol. The zero-order valence-corrected chi connectivity index (χ0v) is 24.4. The molecule has 4 rings (SSSR count). The third kappa shape index (κ3) is 7.65. The van der Waals surface area contributed by atoms with Gasteiger partial charge in [-0.2, -0.15) is 11.8 Å². The summed E-state index contributed by atoms with van der Waals surface area (Å²) in [4.78, 5) is 54.6. The lowest BCUT2D eigenvalue weighted by atomic mass is 10.0. The topological polar surface area (TPSA) is 96.0 Å². The monoisotopic (exact) mass is 565 g/mol. The van der Waals surface area contributed by atoms with E-state index >= 15 is 0 Å². The minimum Gasteiger partial charge on any atom is -0.444 e. The SMILES string of the molecule is CC(C)(C)OC(=O)N[C@@H](Cc1ccccc1)C(=O)N1CCC[C@H]1CSCCCCN1C(=O)c2ccccc2C1=O. The standard InChI is InChI=1S/C31H39N3O5S/c1-31(2,3)39-30(38)32-26(20-22-12-5-4-6-13-22)29(37)33-18-11-14-23(33)21-40-19-10-9-17-34-27(35)24-15-7-8-16-25(24)28(34)36/h4-8,12-13,15-16,23,26H,9-11,14,17-21H2,1-3H3,(H,32,38)/t23-,26-/m0/s1. The molecule has 2 aromatic carbocycles. The van der Waals surface area contributed by atoms with Crippen LogP contribution in [-0.4, -0.2) is 75.9 Å². The van der Waals surface area contributed by atoms with Gasteiger partial charge in [0, 0.05) is 31.3 Å². The van der Waals surface area contributed by atoms with Gasteiger partial charge in [0.1, 0.15) is 11.6 Å². The summed E-state index contributed by atoms with van der Waals surface area (Å²) in [5.74, 6) is 1.19. The van der Waals surface area contributed by atoms with E-state index in [1.807, 2.05) is 35.2 Å². The second kappa shape index (κ2) is 13.4. The number of benzene rings is 2. The summed E-state index contributed by atoms with van der Waals surface area (Å²) in [7, 11) is 0. The summed E-state index contributed by atoms with van der Waals surface area (Å²) in [6, 6.07) is 16.0. The first-order chi connectivity index (χ1) is 19.1. The molecule has 2 heterocycles. The summed E-state index contributed by atoms with van der Waals surface area (Å²) in [6.07, 6.45) is 3.28. The van der Waals surface area contributed by atoms with Crippen LogP contribution in [0.25, 0.3) is 0 Å². The van der Waals surface area contributed by atoms with Crippen LogP contribution in [0.15, 0.2) is 54.6 Å². The molecule has 0 bridgehead atoms. The van der Waals surface area contributed by atoms with Crippen molar-refractivity contribution in [1.82, 2.24) is 15.1 Å². The number of thioether (sulfide) groups is 1. The van der Waals surface area contributed by atoms with Crippen LogP contribution < -0.4 is 5.32 Å². The summed E-state index contributed by atoms with van der Waals surface area (Å²) in [6.45, 7) is 6.49. The molecule has 9 heteroatoms. The molecule has 8 nitrogen and oxygen atoms in total. The first-order valence-electron chi connectivity index (χ1n) is 14.0. The van der Waals surface area contributed by atoms with Crippen molar-refractivity contribution in [3.05, 3.63) is 71.3 Å². The second-order valence-electron chi connectivity index (χ2n) is 11.3. The number of rotatable bonds is 11. The largest absolute Gasteiger partial charge is 0.444 e.